The summed E-state index contributed by atoms with van der Waals surface area (Å²) in [5.74, 6) is -1.42. The highest BCUT2D eigenvalue weighted by molar-refractivity contribution is 9.10. The predicted octanol–water partition coefficient (Wildman–Crippen LogP) is 3.09. The molecule has 1 aliphatic rings. The first-order valence-electron chi connectivity index (χ1n) is 7.87. The lowest BCUT2D eigenvalue weighted by Gasteiger charge is -2.12. The Labute approximate surface area is 166 Å². The van der Waals surface area contributed by atoms with Crippen molar-refractivity contribution < 1.29 is 18.8 Å². The van der Waals surface area contributed by atoms with Crippen molar-refractivity contribution in [2.24, 2.45) is 0 Å². The smallest absolute Gasteiger partial charge is 0.293 e. The highest BCUT2D eigenvalue weighted by Crippen LogP contribution is 2.32. The summed E-state index contributed by atoms with van der Waals surface area (Å²) >= 11 is 4.00. The molecule has 1 aliphatic heterocycles. The molecule has 1 aromatic heterocycles. The number of halogens is 2. The number of benzene rings is 1. The standard InChI is InChI=1S/C17H14BrFN4O3S/c1-9-13(18)14(22-21-9)15(24)20-6-7-23-16(25)12(27-17(23)26)8-10-4-2-3-5-11(10)19/h2-5,8H,6-7H2,1H3,(H,20,24)(H,21,22). The van der Waals surface area contributed by atoms with Crippen molar-refractivity contribution in [3.05, 3.63) is 56.4 Å². The summed E-state index contributed by atoms with van der Waals surface area (Å²) in [6.07, 6.45) is 1.35. The number of rotatable bonds is 5. The number of aryl methyl sites for hydroxylation is 1. The molecule has 0 atom stereocenters. The van der Waals surface area contributed by atoms with E-state index in [1.54, 1.807) is 19.1 Å². The van der Waals surface area contributed by atoms with Gasteiger partial charge in [0, 0.05) is 24.3 Å². The van der Waals surface area contributed by atoms with Gasteiger partial charge in [-0.2, -0.15) is 5.10 Å². The Hall–Kier alpha value is -2.46. The quantitative estimate of drug-likeness (QED) is 0.679. The van der Waals surface area contributed by atoms with Gasteiger partial charge in [-0.25, -0.2) is 4.39 Å². The van der Waals surface area contributed by atoms with Crippen LogP contribution in [0.25, 0.3) is 6.08 Å². The van der Waals surface area contributed by atoms with E-state index in [-0.39, 0.29) is 29.3 Å². The maximum atomic E-state index is 13.7. The minimum absolute atomic E-state index is 0.00599. The lowest BCUT2D eigenvalue weighted by Crippen LogP contribution is -2.37. The van der Waals surface area contributed by atoms with Gasteiger partial charge < -0.3 is 5.32 Å². The van der Waals surface area contributed by atoms with Gasteiger partial charge in [-0.15, -0.1) is 0 Å². The van der Waals surface area contributed by atoms with E-state index in [9.17, 15) is 18.8 Å². The number of aromatic nitrogens is 2. The molecule has 27 heavy (non-hydrogen) atoms. The topological polar surface area (TPSA) is 95.2 Å². The summed E-state index contributed by atoms with van der Waals surface area (Å²) in [6.45, 7) is 1.84. The molecule has 0 bridgehead atoms. The molecule has 0 unspecified atom stereocenters. The average molecular weight is 453 g/mol. The average Bonchev–Trinajstić information content (AvgIpc) is 3.10. The summed E-state index contributed by atoms with van der Waals surface area (Å²) < 4.78 is 14.3. The molecule has 0 saturated carbocycles. The Kier molecular flexibility index (Phi) is 5.76. The molecule has 2 heterocycles. The molecule has 1 fully saturated rings. The van der Waals surface area contributed by atoms with Crippen LogP contribution in [0.15, 0.2) is 33.6 Å². The summed E-state index contributed by atoms with van der Waals surface area (Å²) in [7, 11) is 0. The van der Waals surface area contributed by atoms with E-state index in [1.807, 2.05) is 0 Å². The van der Waals surface area contributed by atoms with Crippen LogP contribution in [-0.2, 0) is 4.79 Å². The van der Waals surface area contributed by atoms with Crippen molar-refractivity contribution in [1.29, 1.82) is 0 Å². The molecule has 3 rings (SSSR count). The van der Waals surface area contributed by atoms with Crippen LogP contribution in [0.4, 0.5) is 9.18 Å². The second kappa shape index (κ2) is 8.05. The number of nitrogens with zero attached hydrogens (tertiary/aromatic N) is 2. The van der Waals surface area contributed by atoms with Crippen LogP contribution < -0.4 is 5.32 Å². The maximum Gasteiger partial charge on any atom is 0.293 e. The van der Waals surface area contributed by atoms with E-state index in [2.05, 4.69) is 31.4 Å². The summed E-state index contributed by atoms with van der Waals surface area (Å²) in [5, 5.41) is 8.71. The van der Waals surface area contributed by atoms with E-state index in [1.165, 1.54) is 18.2 Å². The number of amides is 3. The highest BCUT2D eigenvalue weighted by Gasteiger charge is 2.34. The fourth-order valence-corrected chi connectivity index (χ4v) is 3.57. The van der Waals surface area contributed by atoms with Gasteiger partial charge in [-0.3, -0.25) is 24.4 Å². The monoisotopic (exact) mass is 452 g/mol. The summed E-state index contributed by atoms with van der Waals surface area (Å²) in [5.41, 5.74) is 1.14. The second-order valence-electron chi connectivity index (χ2n) is 5.62. The molecule has 3 amide bonds. The fraction of sp³-hybridized carbons (Fsp3) is 0.176. The molecule has 1 aromatic carbocycles. The number of hydrogen-bond donors (Lipinski definition) is 2. The van der Waals surface area contributed by atoms with E-state index in [4.69, 9.17) is 0 Å². The third-order valence-corrected chi connectivity index (χ3v) is 5.65. The van der Waals surface area contributed by atoms with E-state index < -0.39 is 22.9 Å². The fourth-order valence-electron chi connectivity index (χ4n) is 2.36. The van der Waals surface area contributed by atoms with Crippen molar-refractivity contribution in [2.45, 2.75) is 6.92 Å². The number of carbonyl (C=O) groups excluding carboxylic acids is 3. The third kappa shape index (κ3) is 4.11. The Balaban J connectivity index is 1.62. The minimum Gasteiger partial charge on any atom is -0.349 e. The van der Waals surface area contributed by atoms with Crippen LogP contribution in [0.5, 0.6) is 0 Å². The zero-order valence-corrected chi connectivity index (χ0v) is 16.5. The van der Waals surface area contributed by atoms with Crippen molar-refractivity contribution in [3.8, 4) is 0 Å². The van der Waals surface area contributed by atoms with Gasteiger partial charge in [0.1, 0.15) is 5.82 Å². The van der Waals surface area contributed by atoms with E-state index in [0.29, 0.717) is 10.2 Å². The maximum absolute atomic E-state index is 13.7. The van der Waals surface area contributed by atoms with Crippen molar-refractivity contribution in [2.75, 3.05) is 13.1 Å². The molecule has 1 saturated heterocycles. The zero-order chi connectivity index (χ0) is 19.6. The minimum atomic E-state index is -0.515. The van der Waals surface area contributed by atoms with Crippen molar-refractivity contribution >= 4 is 50.8 Å². The van der Waals surface area contributed by atoms with Gasteiger partial charge >= 0.3 is 0 Å². The molecule has 0 aliphatic carbocycles. The molecular weight excluding hydrogens is 439 g/mol. The van der Waals surface area contributed by atoms with Gasteiger partial charge in [0.05, 0.1) is 9.38 Å². The summed E-state index contributed by atoms with van der Waals surface area (Å²) in [4.78, 5) is 37.7. The number of aromatic amines is 1. The van der Waals surface area contributed by atoms with Crippen LogP contribution in [0.2, 0.25) is 0 Å². The zero-order valence-electron chi connectivity index (χ0n) is 14.1. The first-order chi connectivity index (χ1) is 12.9. The SMILES string of the molecule is Cc1[nH]nc(C(=O)NCCN2C(=O)SC(=Cc3ccccc3F)C2=O)c1Br. The second-order valence-corrected chi connectivity index (χ2v) is 7.41. The van der Waals surface area contributed by atoms with Crippen LogP contribution in [-0.4, -0.2) is 45.2 Å². The van der Waals surface area contributed by atoms with Gasteiger partial charge in [-0.05, 0) is 46.8 Å². The number of carbonyl (C=O) groups is 3. The number of H-pyrrole nitrogens is 1. The van der Waals surface area contributed by atoms with Gasteiger partial charge in [0.15, 0.2) is 5.69 Å². The first kappa shape index (κ1) is 19.3. The lowest BCUT2D eigenvalue weighted by atomic mass is 10.2. The summed E-state index contributed by atoms with van der Waals surface area (Å²) in [6, 6.07) is 5.98. The molecule has 140 valence electrons. The normalized spacial score (nSPS) is 15.7. The molecule has 2 aromatic rings. The highest BCUT2D eigenvalue weighted by atomic mass is 79.9. The number of thioether (sulfide) groups is 1. The van der Waals surface area contributed by atoms with E-state index in [0.717, 1.165) is 16.7 Å². The lowest BCUT2D eigenvalue weighted by molar-refractivity contribution is -0.122. The first-order valence-corrected chi connectivity index (χ1v) is 9.48. The van der Waals surface area contributed by atoms with Crippen LogP contribution in [0.1, 0.15) is 21.7 Å². The van der Waals surface area contributed by atoms with Gasteiger partial charge in [0.2, 0.25) is 0 Å². The molecule has 0 spiro atoms. The largest absolute Gasteiger partial charge is 0.349 e. The number of nitrogens with one attached hydrogen (secondary N) is 2. The molecule has 10 heteroatoms. The van der Waals surface area contributed by atoms with Gasteiger partial charge in [0.25, 0.3) is 17.1 Å². The Morgan fingerprint density at radius 2 is 2.15 bits per heavy atom. The van der Waals surface area contributed by atoms with Crippen molar-refractivity contribution in [3.63, 3.8) is 0 Å². The predicted molar refractivity (Wildman–Crippen MR) is 102 cm³/mol. The number of hydrogen-bond acceptors (Lipinski definition) is 5. The molecular formula is C17H14BrFN4O3S. The Bertz CT molecular complexity index is 959. The van der Waals surface area contributed by atoms with Crippen LogP contribution >= 0.6 is 27.7 Å². The Morgan fingerprint density at radius 3 is 2.81 bits per heavy atom. The van der Waals surface area contributed by atoms with Gasteiger partial charge in [-0.1, -0.05) is 18.2 Å². The molecule has 2 N–H and O–H groups in total. The molecule has 0 radical (unpaired) electrons. The van der Waals surface area contributed by atoms with E-state index >= 15 is 0 Å². The number of imide groups is 1. The Morgan fingerprint density at radius 1 is 1.41 bits per heavy atom. The van der Waals surface area contributed by atoms with Crippen LogP contribution in [0, 0.1) is 12.7 Å². The van der Waals surface area contributed by atoms with Crippen molar-refractivity contribution in [1.82, 2.24) is 20.4 Å². The third-order valence-electron chi connectivity index (χ3n) is 3.77. The molecule has 7 nitrogen and oxygen atoms in total. The van der Waals surface area contributed by atoms with Crippen LogP contribution in [0.3, 0.4) is 0 Å².